The first-order chi connectivity index (χ1) is 6.02. The molecule has 1 atom stereocenters. The average molecular weight is 193 g/mol. The predicted molar refractivity (Wildman–Crippen MR) is 39.3 cm³/mol. The SMILES string of the molecule is N[C@H](c1ccc(F)cc1F)C(F)F. The first kappa shape index (κ1) is 9.98. The Balaban J connectivity index is 3.01. The van der Waals surface area contributed by atoms with Crippen molar-refractivity contribution in [2.24, 2.45) is 5.73 Å². The van der Waals surface area contributed by atoms with Gasteiger partial charge in [-0.25, -0.2) is 17.6 Å². The highest BCUT2D eigenvalue weighted by atomic mass is 19.3. The van der Waals surface area contributed by atoms with E-state index in [1.165, 1.54) is 0 Å². The zero-order valence-electron chi connectivity index (χ0n) is 6.48. The molecule has 13 heavy (non-hydrogen) atoms. The summed E-state index contributed by atoms with van der Waals surface area (Å²) in [4.78, 5) is 0. The molecule has 0 aromatic heterocycles. The van der Waals surface area contributed by atoms with Crippen LogP contribution >= 0.6 is 0 Å². The summed E-state index contributed by atoms with van der Waals surface area (Å²) in [5.74, 6) is -1.87. The number of rotatable bonds is 2. The van der Waals surface area contributed by atoms with Crippen LogP contribution in [0.15, 0.2) is 18.2 Å². The van der Waals surface area contributed by atoms with Crippen LogP contribution in [0.4, 0.5) is 17.6 Å². The van der Waals surface area contributed by atoms with Gasteiger partial charge in [0, 0.05) is 11.6 Å². The van der Waals surface area contributed by atoms with Gasteiger partial charge in [0.15, 0.2) is 0 Å². The Labute approximate surface area is 72.2 Å². The van der Waals surface area contributed by atoms with Crippen molar-refractivity contribution in [2.75, 3.05) is 0 Å². The maximum atomic E-state index is 12.8. The normalized spacial score (nSPS) is 13.4. The van der Waals surface area contributed by atoms with Gasteiger partial charge in [0.2, 0.25) is 0 Å². The molecular formula is C8H7F4N. The van der Waals surface area contributed by atoms with Crippen molar-refractivity contribution in [1.29, 1.82) is 0 Å². The van der Waals surface area contributed by atoms with Gasteiger partial charge in [-0.05, 0) is 6.07 Å². The summed E-state index contributed by atoms with van der Waals surface area (Å²) in [6, 6.07) is 0.625. The third-order valence-corrected chi connectivity index (χ3v) is 1.59. The summed E-state index contributed by atoms with van der Waals surface area (Å²) in [5, 5.41) is 0. The zero-order chi connectivity index (χ0) is 10.0. The Bertz CT molecular complexity index is 300. The number of alkyl halides is 2. The van der Waals surface area contributed by atoms with Crippen LogP contribution in [0.3, 0.4) is 0 Å². The van der Waals surface area contributed by atoms with Crippen LogP contribution in [-0.2, 0) is 0 Å². The van der Waals surface area contributed by atoms with Crippen LogP contribution < -0.4 is 5.73 Å². The van der Waals surface area contributed by atoms with Crippen LogP contribution in [0.25, 0.3) is 0 Å². The Morgan fingerprint density at radius 3 is 2.23 bits per heavy atom. The van der Waals surface area contributed by atoms with Gasteiger partial charge in [-0.3, -0.25) is 0 Å². The molecule has 0 heterocycles. The quantitative estimate of drug-likeness (QED) is 0.716. The molecule has 0 radical (unpaired) electrons. The van der Waals surface area contributed by atoms with E-state index >= 15 is 0 Å². The zero-order valence-corrected chi connectivity index (χ0v) is 6.48. The second kappa shape index (κ2) is 3.74. The molecule has 2 N–H and O–H groups in total. The lowest BCUT2D eigenvalue weighted by atomic mass is 10.1. The monoisotopic (exact) mass is 193 g/mol. The highest BCUT2D eigenvalue weighted by Gasteiger charge is 2.20. The van der Waals surface area contributed by atoms with E-state index in [0.29, 0.717) is 6.07 Å². The number of nitrogens with two attached hydrogens (primary N) is 1. The van der Waals surface area contributed by atoms with E-state index in [-0.39, 0.29) is 5.56 Å². The van der Waals surface area contributed by atoms with Crippen molar-refractivity contribution in [3.63, 3.8) is 0 Å². The van der Waals surface area contributed by atoms with Gasteiger partial charge in [-0.1, -0.05) is 6.07 Å². The summed E-state index contributed by atoms with van der Waals surface area (Å²) < 4.78 is 49.2. The highest BCUT2D eigenvalue weighted by Crippen LogP contribution is 2.21. The molecule has 0 aliphatic carbocycles. The van der Waals surface area contributed by atoms with E-state index in [1.807, 2.05) is 0 Å². The summed E-state index contributed by atoms with van der Waals surface area (Å²) in [6.45, 7) is 0. The second-order valence-electron chi connectivity index (χ2n) is 2.53. The second-order valence-corrected chi connectivity index (χ2v) is 2.53. The van der Waals surface area contributed by atoms with Crippen LogP contribution in [0.1, 0.15) is 11.6 Å². The Morgan fingerprint density at radius 1 is 1.15 bits per heavy atom. The lowest BCUT2D eigenvalue weighted by molar-refractivity contribution is 0.114. The van der Waals surface area contributed by atoms with Crippen molar-refractivity contribution < 1.29 is 17.6 Å². The molecule has 0 bridgehead atoms. The summed E-state index contributed by atoms with van der Waals surface area (Å²) in [6.07, 6.45) is -2.86. The summed E-state index contributed by atoms with van der Waals surface area (Å²) in [7, 11) is 0. The van der Waals surface area contributed by atoms with E-state index in [2.05, 4.69) is 0 Å². The maximum absolute atomic E-state index is 12.8. The molecule has 1 rings (SSSR count). The Morgan fingerprint density at radius 2 is 1.77 bits per heavy atom. The van der Waals surface area contributed by atoms with E-state index in [1.54, 1.807) is 0 Å². The third-order valence-electron chi connectivity index (χ3n) is 1.59. The Kier molecular flexibility index (Phi) is 2.87. The fourth-order valence-corrected chi connectivity index (χ4v) is 0.908. The summed E-state index contributed by atoms with van der Waals surface area (Å²) in [5.41, 5.74) is 4.60. The van der Waals surface area contributed by atoms with Crippen molar-refractivity contribution in [2.45, 2.75) is 12.5 Å². The van der Waals surface area contributed by atoms with Crippen LogP contribution in [-0.4, -0.2) is 6.43 Å². The molecule has 0 saturated carbocycles. The van der Waals surface area contributed by atoms with Crippen molar-refractivity contribution in [3.05, 3.63) is 35.4 Å². The minimum Gasteiger partial charge on any atom is -0.319 e. The average Bonchev–Trinajstić information content (AvgIpc) is 2.03. The van der Waals surface area contributed by atoms with Gasteiger partial charge >= 0.3 is 0 Å². The van der Waals surface area contributed by atoms with Crippen molar-refractivity contribution >= 4 is 0 Å². The van der Waals surface area contributed by atoms with E-state index < -0.39 is 24.1 Å². The molecule has 0 spiro atoms. The minimum absolute atomic E-state index is 0.378. The fraction of sp³-hybridized carbons (Fsp3) is 0.250. The van der Waals surface area contributed by atoms with Gasteiger partial charge in [0.25, 0.3) is 6.43 Å². The molecule has 1 nitrogen and oxygen atoms in total. The van der Waals surface area contributed by atoms with Gasteiger partial charge < -0.3 is 5.73 Å². The topological polar surface area (TPSA) is 26.0 Å². The smallest absolute Gasteiger partial charge is 0.257 e. The highest BCUT2D eigenvalue weighted by molar-refractivity contribution is 5.22. The van der Waals surface area contributed by atoms with E-state index in [9.17, 15) is 17.6 Å². The number of hydrogen-bond acceptors (Lipinski definition) is 1. The van der Waals surface area contributed by atoms with E-state index in [4.69, 9.17) is 5.73 Å². The van der Waals surface area contributed by atoms with E-state index in [0.717, 1.165) is 12.1 Å². The summed E-state index contributed by atoms with van der Waals surface area (Å²) >= 11 is 0. The van der Waals surface area contributed by atoms with Gasteiger partial charge in [-0.2, -0.15) is 0 Å². The predicted octanol–water partition coefficient (Wildman–Crippen LogP) is 2.23. The lowest BCUT2D eigenvalue weighted by Crippen LogP contribution is -2.20. The number of benzene rings is 1. The molecule has 0 aliphatic heterocycles. The Hall–Kier alpha value is -1.10. The van der Waals surface area contributed by atoms with Gasteiger partial charge in [-0.15, -0.1) is 0 Å². The molecule has 0 fully saturated rings. The van der Waals surface area contributed by atoms with Gasteiger partial charge in [0.1, 0.15) is 11.6 Å². The number of halogens is 4. The van der Waals surface area contributed by atoms with Crippen LogP contribution in [0, 0.1) is 11.6 Å². The molecule has 0 aliphatic rings. The largest absolute Gasteiger partial charge is 0.319 e. The van der Waals surface area contributed by atoms with Crippen LogP contribution in [0.2, 0.25) is 0 Å². The van der Waals surface area contributed by atoms with Crippen LogP contribution in [0.5, 0.6) is 0 Å². The minimum atomic E-state index is -2.86. The number of hydrogen-bond donors (Lipinski definition) is 1. The molecular weight excluding hydrogens is 186 g/mol. The molecule has 1 aromatic carbocycles. The standard InChI is InChI=1S/C8H7F4N/c9-4-1-2-5(6(10)3-4)7(13)8(11)12/h1-3,7-8H,13H2/t7-/m1/s1. The third kappa shape index (κ3) is 2.18. The molecule has 0 unspecified atom stereocenters. The molecule has 0 amide bonds. The first-order valence-corrected chi connectivity index (χ1v) is 3.51. The first-order valence-electron chi connectivity index (χ1n) is 3.51. The lowest BCUT2D eigenvalue weighted by Gasteiger charge is -2.11. The molecule has 72 valence electrons. The molecule has 5 heteroatoms. The molecule has 1 aromatic rings. The van der Waals surface area contributed by atoms with Crippen molar-refractivity contribution in [3.8, 4) is 0 Å². The fourth-order valence-electron chi connectivity index (χ4n) is 0.908. The van der Waals surface area contributed by atoms with Crippen molar-refractivity contribution in [1.82, 2.24) is 0 Å². The maximum Gasteiger partial charge on any atom is 0.257 e. The molecule has 0 saturated heterocycles. The van der Waals surface area contributed by atoms with Gasteiger partial charge in [0.05, 0.1) is 6.04 Å².